The topological polar surface area (TPSA) is 74.7 Å². The van der Waals surface area contributed by atoms with Crippen LogP contribution in [-0.2, 0) is 0 Å². The Bertz CT molecular complexity index is 880. The predicted molar refractivity (Wildman–Crippen MR) is 103 cm³/mol. The third kappa shape index (κ3) is 4.72. The Morgan fingerprint density at radius 3 is 2.62 bits per heavy atom. The summed E-state index contributed by atoms with van der Waals surface area (Å²) in [5, 5.41) is 13.2. The van der Waals surface area contributed by atoms with Crippen LogP contribution in [0.4, 0.5) is 19.0 Å². The highest BCUT2D eigenvalue weighted by molar-refractivity contribution is 6.01. The molecular weight excluding hydrogens is 387 g/mol. The third-order valence-corrected chi connectivity index (χ3v) is 5.17. The van der Waals surface area contributed by atoms with Gasteiger partial charge in [-0.05, 0) is 43.4 Å². The van der Waals surface area contributed by atoms with E-state index in [2.05, 4.69) is 10.3 Å². The second kappa shape index (κ2) is 8.44. The van der Waals surface area contributed by atoms with Crippen LogP contribution in [0.25, 0.3) is 10.8 Å². The first kappa shape index (κ1) is 21.2. The summed E-state index contributed by atoms with van der Waals surface area (Å²) < 4.78 is 44.2. The monoisotopic (exact) mass is 411 g/mol. The summed E-state index contributed by atoms with van der Waals surface area (Å²) in [6.45, 7) is 2.01. The van der Waals surface area contributed by atoms with Crippen molar-refractivity contribution in [2.45, 2.75) is 32.0 Å². The number of aliphatic hydroxyl groups excluding tert-OH is 1. The van der Waals surface area contributed by atoms with Gasteiger partial charge < -0.3 is 20.1 Å². The summed E-state index contributed by atoms with van der Waals surface area (Å²) in [6, 6.07) is 6.38. The minimum absolute atomic E-state index is 0.0173. The number of alkyl halides is 3. The van der Waals surface area contributed by atoms with Crippen LogP contribution in [0.5, 0.6) is 5.88 Å². The van der Waals surface area contributed by atoms with Gasteiger partial charge in [0.2, 0.25) is 5.88 Å². The van der Waals surface area contributed by atoms with Crippen LogP contribution < -0.4 is 15.0 Å². The molecule has 29 heavy (non-hydrogen) atoms. The molecule has 158 valence electrons. The molecule has 1 amide bonds. The zero-order valence-electron chi connectivity index (χ0n) is 16.3. The average molecular weight is 411 g/mol. The molecule has 1 fully saturated rings. The number of pyridine rings is 1. The molecule has 9 heteroatoms. The van der Waals surface area contributed by atoms with E-state index in [1.165, 1.54) is 7.11 Å². The summed E-state index contributed by atoms with van der Waals surface area (Å²) in [4.78, 5) is 18.6. The molecule has 3 rings (SSSR count). The molecule has 1 atom stereocenters. The second-order valence-electron chi connectivity index (χ2n) is 7.28. The molecule has 0 radical (unpaired) electrons. The number of rotatable bonds is 5. The van der Waals surface area contributed by atoms with Gasteiger partial charge in [-0.15, -0.1) is 0 Å². The highest BCUT2D eigenvalue weighted by Crippen LogP contribution is 2.37. The van der Waals surface area contributed by atoms with Crippen LogP contribution in [-0.4, -0.2) is 55.0 Å². The predicted octanol–water partition coefficient (Wildman–Crippen LogP) is 3.13. The number of nitrogens with zero attached hydrogens (tertiary/aromatic N) is 2. The van der Waals surface area contributed by atoms with Crippen molar-refractivity contribution in [3.05, 3.63) is 29.8 Å². The number of carbonyl (C=O) groups excluding carboxylic acids is 1. The van der Waals surface area contributed by atoms with E-state index in [1.807, 2.05) is 4.90 Å². The molecule has 1 aromatic carbocycles. The molecule has 1 aromatic heterocycles. The van der Waals surface area contributed by atoms with Gasteiger partial charge in [0.05, 0.1) is 19.6 Å². The van der Waals surface area contributed by atoms with Gasteiger partial charge in [-0.1, -0.05) is 0 Å². The maximum atomic E-state index is 13.0. The van der Waals surface area contributed by atoms with Crippen molar-refractivity contribution >= 4 is 22.5 Å². The Morgan fingerprint density at radius 1 is 1.34 bits per heavy atom. The number of hydrogen-bond acceptors (Lipinski definition) is 5. The van der Waals surface area contributed by atoms with Gasteiger partial charge in [-0.3, -0.25) is 4.79 Å². The molecule has 0 saturated carbocycles. The highest BCUT2D eigenvalue weighted by atomic mass is 19.4. The van der Waals surface area contributed by atoms with Crippen LogP contribution in [0.3, 0.4) is 0 Å². The van der Waals surface area contributed by atoms with E-state index < -0.39 is 12.1 Å². The Kier molecular flexibility index (Phi) is 6.16. The first-order valence-corrected chi connectivity index (χ1v) is 9.45. The number of halogens is 3. The van der Waals surface area contributed by atoms with E-state index in [4.69, 9.17) is 9.84 Å². The lowest BCUT2D eigenvalue weighted by Gasteiger charge is -2.34. The number of benzene rings is 1. The van der Waals surface area contributed by atoms with Crippen LogP contribution in [0.2, 0.25) is 0 Å². The Balaban J connectivity index is 1.91. The second-order valence-corrected chi connectivity index (χ2v) is 7.28. The summed E-state index contributed by atoms with van der Waals surface area (Å²) in [5.41, 5.74) is 0.410. The van der Waals surface area contributed by atoms with Crippen LogP contribution >= 0.6 is 0 Å². The standard InChI is InChI=1S/C20H24F3N3O3/c1-12(11-27)24-19(28)13-3-4-16-14(9-13)10-17(29-2)25-18(16)26-7-5-15(6-8-26)20(21,22)23/h3-4,9-10,12,15,27H,5-8,11H2,1-2H3,(H,24,28)/t12-/m1/s1. The number of methoxy groups -OCH3 is 1. The van der Waals surface area contributed by atoms with Gasteiger partial charge >= 0.3 is 6.18 Å². The minimum Gasteiger partial charge on any atom is -0.481 e. The number of amides is 1. The SMILES string of the molecule is COc1cc2cc(C(=O)N[C@H](C)CO)ccc2c(N2CCC(C(F)(F)F)CC2)n1. The Morgan fingerprint density at radius 2 is 2.03 bits per heavy atom. The maximum absolute atomic E-state index is 13.0. The molecule has 0 aliphatic carbocycles. The first-order chi connectivity index (χ1) is 13.7. The molecular formula is C20H24F3N3O3. The van der Waals surface area contributed by atoms with E-state index >= 15 is 0 Å². The molecule has 0 unspecified atom stereocenters. The third-order valence-electron chi connectivity index (χ3n) is 5.17. The van der Waals surface area contributed by atoms with E-state index in [1.54, 1.807) is 31.2 Å². The normalized spacial score (nSPS) is 16.7. The van der Waals surface area contributed by atoms with Gasteiger partial charge in [0.15, 0.2) is 0 Å². The highest BCUT2D eigenvalue weighted by Gasteiger charge is 2.41. The van der Waals surface area contributed by atoms with Gasteiger partial charge in [-0.25, -0.2) is 0 Å². The molecule has 1 saturated heterocycles. The van der Waals surface area contributed by atoms with Gasteiger partial charge in [-0.2, -0.15) is 18.2 Å². The summed E-state index contributed by atoms with van der Waals surface area (Å²) in [5.74, 6) is -0.737. The number of fused-ring (bicyclic) bond motifs is 1. The van der Waals surface area contributed by atoms with Crippen LogP contribution in [0.1, 0.15) is 30.1 Å². The number of aliphatic hydroxyl groups is 1. The van der Waals surface area contributed by atoms with Crippen molar-refractivity contribution in [3.8, 4) is 5.88 Å². The smallest absolute Gasteiger partial charge is 0.391 e. The fourth-order valence-electron chi connectivity index (χ4n) is 3.47. The van der Waals surface area contributed by atoms with E-state index in [0.29, 0.717) is 22.6 Å². The fourth-order valence-corrected chi connectivity index (χ4v) is 3.47. The van der Waals surface area contributed by atoms with Crippen molar-refractivity contribution in [3.63, 3.8) is 0 Å². The first-order valence-electron chi connectivity index (χ1n) is 9.45. The van der Waals surface area contributed by atoms with Crippen molar-refractivity contribution in [2.24, 2.45) is 5.92 Å². The van der Waals surface area contributed by atoms with E-state index in [-0.39, 0.29) is 44.5 Å². The average Bonchev–Trinajstić information content (AvgIpc) is 2.71. The lowest BCUT2D eigenvalue weighted by Crippen LogP contribution is -2.39. The van der Waals surface area contributed by atoms with Gasteiger partial charge in [0.25, 0.3) is 5.91 Å². The van der Waals surface area contributed by atoms with E-state index in [0.717, 1.165) is 5.39 Å². The number of hydrogen-bond donors (Lipinski definition) is 2. The molecule has 1 aliphatic heterocycles. The van der Waals surface area contributed by atoms with Gasteiger partial charge in [0.1, 0.15) is 5.82 Å². The lowest BCUT2D eigenvalue weighted by atomic mass is 9.96. The molecule has 2 heterocycles. The maximum Gasteiger partial charge on any atom is 0.391 e. The Hall–Kier alpha value is -2.55. The van der Waals surface area contributed by atoms with E-state index in [9.17, 15) is 18.0 Å². The summed E-state index contributed by atoms with van der Waals surface area (Å²) in [6.07, 6.45) is -4.14. The van der Waals surface area contributed by atoms with Crippen LogP contribution in [0.15, 0.2) is 24.3 Å². The number of anilines is 1. The Labute approximate surface area is 166 Å². The number of aromatic nitrogens is 1. The zero-order chi connectivity index (χ0) is 21.2. The quantitative estimate of drug-likeness (QED) is 0.791. The lowest BCUT2D eigenvalue weighted by molar-refractivity contribution is -0.179. The van der Waals surface area contributed by atoms with Crippen molar-refractivity contribution in [1.29, 1.82) is 0 Å². The van der Waals surface area contributed by atoms with Gasteiger partial charge in [0, 0.05) is 36.1 Å². The molecule has 0 bridgehead atoms. The summed E-state index contributed by atoms with van der Waals surface area (Å²) >= 11 is 0. The van der Waals surface area contributed by atoms with Crippen LogP contribution in [0, 0.1) is 5.92 Å². The largest absolute Gasteiger partial charge is 0.481 e. The number of piperidine rings is 1. The number of nitrogens with one attached hydrogen (secondary N) is 1. The molecule has 2 N–H and O–H groups in total. The molecule has 1 aliphatic rings. The molecule has 2 aromatic rings. The zero-order valence-corrected chi connectivity index (χ0v) is 16.3. The van der Waals surface area contributed by atoms with Crippen molar-refractivity contribution in [1.82, 2.24) is 10.3 Å². The van der Waals surface area contributed by atoms with Crippen molar-refractivity contribution < 1.29 is 27.8 Å². The summed E-state index contributed by atoms with van der Waals surface area (Å²) in [7, 11) is 1.47. The fraction of sp³-hybridized carbons (Fsp3) is 0.500. The molecule has 0 spiro atoms. The minimum atomic E-state index is -4.18. The number of carbonyl (C=O) groups is 1. The number of ether oxygens (including phenoxy) is 1. The molecule has 6 nitrogen and oxygen atoms in total. The van der Waals surface area contributed by atoms with Crippen molar-refractivity contribution in [2.75, 3.05) is 31.7 Å².